The zero-order chi connectivity index (χ0) is 22.0. The molecule has 6 rings (SSSR count). The zero-order valence-electron chi connectivity index (χ0n) is 18.3. The van der Waals surface area contributed by atoms with Gasteiger partial charge in [0.25, 0.3) is 0 Å². The minimum atomic E-state index is 0.440. The van der Waals surface area contributed by atoms with Crippen molar-refractivity contribution in [3.8, 4) is 28.1 Å². The van der Waals surface area contributed by atoms with Gasteiger partial charge in [-0.25, -0.2) is 4.98 Å². The lowest BCUT2D eigenvalue weighted by molar-refractivity contribution is 0.302. The van der Waals surface area contributed by atoms with E-state index in [0.29, 0.717) is 6.61 Å². The molecule has 1 aliphatic rings. The van der Waals surface area contributed by atoms with Gasteiger partial charge in [-0.1, -0.05) is 36.4 Å². The van der Waals surface area contributed by atoms with Gasteiger partial charge in [-0.05, 0) is 61.2 Å². The highest BCUT2D eigenvalue weighted by Crippen LogP contribution is 2.37. The van der Waals surface area contributed by atoms with Gasteiger partial charge in [-0.15, -0.1) is 0 Å². The summed E-state index contributed by atoms with van der Waals surface area (Å²) in [6.45, 7) is 1.42. The number of nitrogens with zero attached hydrogens (tertiary/aromatic N) is 4. The highest BCUT2D eigenvalue weighted by Gasteiger charge is 2.22. The van der Waals surface area contributed by atoms with Gasteiger partial charge in [0.1, 0.15) is 18.1 Å². The molecule has 33 heavy (non-hydrogen) atoms. The number of aryl methyl sites for hydroxylation is 1. The van der Waals surface area contributed by atoms with Crippen molar-refractivity contribution in [1.29, 1.82) is 0 Å². The van der Waals surface area contributed by atoms with E-state index in [-0.39, 0.29) is 0 Å². The van der Waals surface area contributed by atoms with E-state index in [1.54, 1.807) is 0 Å². The molecule has 162 valence electrons. The number of para-hydroxylation sites is 1. The Labute approximate surface area is 192 Å². The molecule has 1 aliphatic heterocycles. The number of benzene rings is 2. The Bertz CT molecular complexity index is 1410. The third-order valence-corrected chi connectivity index (χ3v) is 6.23. The van der Waals surface area contributed by atoms with Crippen LogP contribution in [0, 0.1) is 0 Å². The van der Waals surface area contributed by atoms with Crippen molar-refractivity contribution in [1.82, 2.24) is 19.7 Å². The SMILES string of the molecule is c1ccc2nc(COc3ccc(-c4c(-c5ccncc5)nn5c4CCCC5)cc3)ccc2c1. The van der Waals surface area contributed by atoms with Crippen LogP contribution in [0.4, 0.5) is 0 Å². The Morgan fingerprint density at radius 2 is 1.67 bits per heavy atom. The van der Waals surface area contributed by atoms with Crippen molar-refractivity contribution in [3.05, 3.63) is 96.6 Å². The Balaban J connectivity index is 1.27. The van der Waals surface area contributed by atoms with Gasteiger partial charge in [0.15, 0.2) is 0 Å². The van der Waals surface area contributed by atoms with Crippen LogP contribution >= 0.6 is 0 Å². The van der Waals surface area contributed by atoms with E-state index in [4.69, 9.17) is 14.8 Å². The molecule has 0 atom stereocenters. The Morgan fingerprint density at radius 1 is 0.818 bits per heavy atom. The van der Waals surface area contributed by atoms with Crippen LogP contribution in [0.1, 0.15) is 24.2 Å². The van der Waals surface area contributed by atoms with Crippen LogP contribution in [0.3, 0.4) is 0 Å². The normalized spacial score (nSPS) is 13.1. The lowest BCUT2D eigenvalue weighted by Gasteiger charge is -2.15. The second-order valence-electron chi connectivity index (χ2n) is 8.39. The predicted molar refractivity (Wildman–Crippen MR) is 130 cm³/mol. The number of aromatic nitrogens is 4. The van der Waals surface area contributed by atoms with Gasteiger partial charge in [0, 0.05) is 41.1 Å². The van der Waals surface area contributed by atoms with Crippen LogP contribution in [-0.2, 0) is 19.6 Å². The Morgan fingerprint density at radius 3 is 2.55 bits per heavy atom. The third kappa shape index (κ3) is 3.87. The highest BCUT2D eigenvalue weighted by molar-refractivity contribution is 5.83. The topological polar surface area (TPSA) is 52.8 Å². The number of hydrogen-bond acceptors (Lipinski definition) is 4. The lowest BCUT2D eigenvalue weighted by atomic mass is 9.96. The van der Waals surface area contributed by atoms with Gasteiger partial charge in [0.2, 0.25) is 0 Å². The number of hydrogen-bond donors (Lipinski definition) is 0. The second kappa shape index (κ2) is 8.51. The summed E-state index contributed by atoms with van der Waals surface area (Å²) < 4.78 is 8.23. The first-order valence-corrected chi connectivity index (χ1v) is 11.4. The number of pyridine rings is 2. The van der Waals surface area contributed by atoms with E-state index >= 15 is 0 Å². The summed E-state index contributed by atoms with van der Waals surface area (Å²) in [7, 11) is 0. The summed E-state index contributed by atoms with van der Waals surface area (Å²) in [5.41, 5.74) is 7.76. The van der Waals surface area contributed by atoms with E-state index in [1.165, 1.54) is 29.7 Å². The fourth-order valence-corrected chi connectivity index (χ4v) is 4.57. The van der Waals surface area contributed by atoms with Crippen molar-refractivity contribution < 1.29 is 4.74 Å². The maximum Gasteiger partial charge on any atom is 0.130 e. The van der Waals surface area contributed by atoms with Crippen molar-refractivity contribution in [2.75, 3.05) is 0 Å². The Hall–Kier alpha value is -3.99. The van der Waals surface area contributed by atoms with E-state index in [0.717, 1.165) is 46.6 Å². The summed E-state index contributed by atoms with van der Waals surface area (Å²) in [5, 5.41) is 6.11. The molecule has 5 heteroatoms. The van der Waals surface area contributed by atoms with Crippen LogP contribution in [-0.4, -0.2) is 19.7 Å². The minimum absolute atomic E-state index is 0.440. The average molecular weight is 433 g/mol. The third-order valence-electron chi connectivity index (χ3n) is 6.23. The molecule has 5 nitrogen and oxygen atoms in total. The van der Waals surface area contributed by atoms with Crippen molar-refractivity contribution in [2.24, 2.45) is 0 Å². The standard InChI is InChI=1S/C28H24N4O/c1-2-6-25-20(5-1)8-11-23(30-25)19-33-24-12-9-21(10-13-24)27-26-7-3-4-18-32(26)31-28(27)22-14-16-29-17-15-22/h1-2,5-6,8-17H,3-4,7,18-19H2. The van der Waals surface area contributed by atoms with Crippen molar-refractivity contribution >= 4 is 10.9 Å². The predicted octanol–water partition coefficient (Wildman–Crippen LogP) is 6.08. The summed E-state index contributed by atoms with van der Waals surface area (Å²) in [6, 6.07) is 24.7. The van der Waals surface area contributed by atoms with Crippen molar-refractivity contribution in [2.45, 2.75) is 32.4 Å². The van der Waals surface area contributed by atoms with Gasteiger partial charge < -0.3 is 4.74 Å². The molecule has 4 heterocycles. The average Bonchev–Trinajstić information content (AvgIpc) is 3.28. The van der Waals surface area contributed by atoms with Gasteiger partial charge >= 0.3 is 0 Å². The van der Waals surface area contributed by atoms with E-state index in [9.17, 15) is 0 Å². The molecular formula is C28H24N4O. The van der Waals surface area contributed by atoms with Gasteiger partial charge in [-0.3, -0.25) is 9.67 Å². The minimum Gasteiger partial charge on any atom is -0.487 e. The Kier molecular flexibility index (Phi) is 5.07. The first-order valence-electron chi connectivity index (χ1n) is 11.4. The zero-order valence-corrected chi connectivity index (χ0v) is 18.3. The van der Waals surface area contributed by atoms with E-state index in [1.807, 2.05) is 60.9 Å². The molecule has 0 bridgehead atoms. The fourth-order valence-electron chi connectivity index (χ4n) is 4.57. The molecule has 0 N–H and O–H groups in total. The summed E-state index contributed by atoms with van der Waals surface area (Å²) in [6.07, 6.45) is 7.09. The van der Waals surface area contributed by atoms with Crippen LogP contribution in [0.15, 0.2) is 85.2 Å². The highest BCUT2D eigenvalue weighted by atomic mass is 16.5. The molecule has 2 aromatic carbocycles. The molecular weight excluding hydrogens is 408 g/mol. The molecule has 0 saturated carbocycles. The summed E-state index contributed by atoms with van der Waals surface area (Å²) >= 11 is 0. The molecule has 0 spiro atoms. The first-order chi connectivity index (χ1) is 16.3. The van der Waals surface area contributed by atoms with Gasteiger partial charge in [0.05, 0.1) is 11.2 Å². The van der Waals surface area contributed by atoms with Crippen LogP contribution < -0.4 is 4.74 Å². The van der Waals surface area contributed by atoms with E-state index < -0.39 is 0 Å². The molecule has 0 amide bonds. The van der Waals surface area contributed by atoms with Gasteiger partial charge in [-0.2, -0.15) is 5.10 Å². The van der Waals surface area contributed by atoms with E-state index in [2.05, 4.69) is 33.9 Å². The largest absolute Gasteiger partial charge is 0.487 e. The monoisotopic (exact) mass is 432 g/mol. The number of ether oxygens (including phenoxy) is 1. The lowest BCUT2D eigenvalue weighted by Crippen LogP contribution is -2.11. The number of fused-ring (bicyclic) bond motifs is 2. The molecule has 3 aromatic heterocycles. The number of rotatable bonds is 5. The van der Waals surface area contributed by atoms with Crippen LogP contribution in [0.2, 0.25) is 0 Å². The van der Waals surface area contributed by atoms with Crippen LogP contribution in [0.5, 0.6) is 5.75 Å². The smallest absolute Gasteiger partial charge is 0.130 e. The fraction of sp³-hybridized carbons (Fsp3) is 0.179. The summed E-state index contributed by atoms with van der Waals surface area (Å²) in [5.74, 6) is 0.834. The van der Waals surface area contributed by atoms with Crippen LogP contribution in [0.25, 0.3) is 33.3 Å². The second-order valence-corrected chi connectivity index (χ2v) is 8.39. The first kappa shape index (κ1) is 19.7. The summed E-state index contributed by atoms with van der Waals surface area (Å²) in [4.78, 5) is 8.87. The molecule has 0 unspecified atom stereocenters. The molecule has 5 aromatic rings. The quantitative estimate of drug-likeness (QED) is 0.338. The maximum absolute atomic E-state index is 6.05. The molecule has 0 aliphatic carbocycles. The molecule has 0 fully saturated rings. The maximum atomic E-state index is 6.05. The molecule has 0 saturated heterocycles. The molecule has 0 radical (unpaired) electrons. The van der Waals surface area contributed by atoms with Crippen molar-refractivity contribution in [3.63, 3.8) is 0 Å².